The van der Waals surface area contributed by atoms with E-state index >= 15 is 0 Å². The summed E-state index contributed by atoms with van der Waals surface area (Å²) in [5.74, 6) is 0.428. The molecule has 18 heavy (non-hydrogen) atoms. The fourth-order valence-corrected chi connectivity index (χ4v) is 1.67. The minimum absolute atomic E-state index is 0.114. The van der Waals surface area contributed by atoms with Crippen molar-refractivity contribution in [3.63, 3.8) is 0 Å². The number of aromatic nitrogens is 2. The van der Waals surface area contributed by atoms with Crippen LogP contribution in [0.15, 0.2) is 34.7 Å². The van der Waals surface area contributed by atoms with Gasteiger partial charge in [-0.15, -0.1) is 0 Å². The molecule has 1 aromatic carbocycles. The average Bonchev–Trinajstić information content (AvgIpc) is 2.93. The Hall–Kier alpha value is -2.83. The number of fused-ring (bicyclic) bond motifs is 1. The molecule has 0 spiro atoms. The molecule has 2 aromatic heterocycles. The maximum atomic E-state index is 10.5. The summed E-state index contributed by atoms with van der Waals surface area (Å²) in [7, 11) is 0. The molecule has 7 heteroatoms. The quantitative estimate of drug-likeness (QED) is 0.532. The molecule has 0 aliphatic heterocycles. The zero-order valence-corrected chi connectivity index (χ0v) is 8.95. The largest absolute Gasteiger partial charge is 0.508 e. The molecule has 2 N–H and O–H groups in total. The van der Waals surface area contributed by atoms with Crippen LogP contribution in [0.3, 0.4) is 0 Å². The normalized spacial score (nSPS) is 10.9. The standard InChI is InChI=1S/C11H7N3O4/c15-6-1-2-7-8(5-6)13-11(12-7)9-3-4-10(18-9)14(16)17/h1-5,15H,(H,12,13). The van der Waals surface area contributed by atoms with Crippen molar-refractivity contribution in [2.75, 3.05) is 0 Å². The second kappa shape index (κ2) is 3.59. The van der Waals surface area contributed by atoms with E-state index < -0.39 is 4.92 Å². The van der Waals surface area contributed by atoms with E-state index in [0.717, 1.165) is 0 Å². The summed E-state index contributed by atoms with van der Waals surface area (Å²) in [5.41, 5.74) is 1.27. The van der Waals surface area contributed by atoms with Crippen LogP contribution in [0.1, 0.15) is 0 Å². The number of nitro groups is 1. The summed E-state index contributed by atoms with van der Waals surface area (Å²) in [6.45, 7) is 0. The molecular weight excluding hydrogens is 238 g/mol. The molecule has 0 aliphatic rings. The van der Waals surface area contributed by atoms with Crippen molar-refractivity contribution in [2.24, 2.45) is 0 Å². The minimum atomic E-state index is -0.613. The van der Waals surface area contributed by atoms with Gasteiger partial charge in [-0.3, -0.25) is 10.1 Å². The molecule has 0 fully saturated rings. The fraction of sp³-hybridized carbons (Fsp3) is 0. The first kappa shape index (κ1) is 10.3. The lowest BCUT2D eigenvalue weighted by atomic mass is 10.3. The number of nitrogens with zero attached hydrogens (tertiary/aromatic N) is 2. The second-order valence-electron chi connectivity index (χ2n) is 3.68. The predicted molar refractivity (Wildman–Crippen MR) is 62.1 cm³/mol. The molecule has 0 saturated heterocycles. The van der Waals surface area contributed by atoms with Gasteiger partial charge in [-0.2, -0.15) is 0 Å². The van der Waals surface area contributed by atoms with Gasteiger partial charge in [-0.05, 0) is 18.2 Å². The van der Waals surface area contributed by atoms with E-state index in [-0.39, 0.29) is 17.4 Å². The van der Waals surface area contributed by atoms with Crippen molar-refractivity contribution >= 4 is 16.9 Å². The SMILES string of the molecule is O=[N+]([O-])c1ccc(-c2nc3ccc(O)cc3[nH]2)o1. The third-order valence-electron chi connectivity index (χ3n) is 2.47. The zero-order chi connectivity index (χ0) is 12.7. The van der Waals surface area contributed by atoms with Crippen LogP contribution in [0.5, 0.6) is 5.75 Å². The number of rotatable bonds is 2. The summed E-state index contributed by atoms with van der Waals surface area (Å²) < 4.78 is 5.04. The molecule has 0 atom stereocenters. The van der Waals surface area contributed by atoms with Crippen molar-refractivity contribution in [1.82, 2.24) is 9.97 Å². The Morgan fingerprint density at radius 2 is 2.17 bits per heavy atom. The average molecular weight is 245 g/mol. The molecule has 0 aliphatic carbocycles. The third kappa shape index (κ3) is 1.58. The molecular formula is C11H7N3O4. The first-order chi connectivity index (χ1) is 8.63. The topological polar surface area (TPSA) is 105 Å². The molecule has 3 rings (SSSR count). The van der Waals surface area contributed by atoms with Gasteiger partial charge in [0.1, 0.15) is 10.7 Å². The van der Waals surface area contributed by atoms with E-state index in [4.69, 9.17) is 4.42 Å². The van der Waals surface area contributed by atoms with Gasteiger partial charge in [-0.1, -0.05) is 0 Å². The van der Waals surface area contributed by atoms with Gasteiger partial charge >= 0.3 is 5.88 Å². The molecule has 2 heterocycles. The van der Waals surface area contributed by atoms with E-state index in [1.54, 1.807) is 6.07 Å². The van der Waals surface area contributed by atoms with Gasteiger partial charge in [0.2, 0.25) is 0 Å². The lowest BCUT2D eigenvalue weighted by molar-refractivity contribution is -0.401. The number of furan rings is 1. The van der Waals surface area contributed by atoms with Gasteiger partial charge in [0, 0.05) is 6.07 Å². The maximum absolute atomic E-state index is 10.5. The molecule has 0 saturated carbocycles. The molecule has 90 valence electrons. The van der Waals surface area contributed by atoms with Gasteiger partial charge in [-0.25, -0.2) is 4.98 Å². The monoisotopic (exact) mass is 245 g/mol. The van der Waals surface area contributed by atoms with Crippen molar-refractivity contribution < 1.29 is 14.4 Å². The Labute approximate surface area is 99.8 Å². The summed E-state index contributed by atoms with van der Waals surface area (Å²) in [6.07, 6.45) is 0. The van der Waals surface area contributed by atoms with Crippen LogP contribution in [0.4, 0.5) is 5.88 Å². The number of benzene rings is 1. The van der Waals surface area contributed by atoms with Gasteiger partial charge in [0.25, 0.3) is 0 Å². The van der Waals surface area contributed by atoms with Gasteiger partial charge in [0.15, 0.2) is 11.6 Å². The summed E-state index contributed by atoms with van der Waals surface area (Å²) in [4.78, 5) is 17.0. The van der Waals surface area contributed by atoms with E-state index in [1.807, 2.05) is 0 Å². The number of nitrogens with one attached hydrogen (secondary N) is 1. The second-order valence-corrected chi connectivity index (χ2v) is 3.68. The number of aromatic hydroxyl groups is 1. The smallest absolute Gasteiger partial charge is 0.433 e. The van der Waals surface area contributed by atoms with E-state index in [2.05, 4.69) is 9.97 Å². The predicted octanol–water partition coefficient (Wildman–Crippen LogP) is 2.44. The highest BCUT2D eigenvalue weighted by Gasteiger charge is 2.15. The Kier molecular flexibility index (Phi) is 2.06. The van der Waals surface area contributed by atoms with Crippen LogP contribution in [0.25, 0.3) is 22.6 Å². The molecule has 0 radical (unpaired) electrons. The lowest BCUT2D eigenvalue weighted by Crippen LogP contribution is -1.83. The van der Waals surface area contributed by atoms with Crippen molar-refractivity contribution in [1.29, 1.82) is 0 Å². The van der Waals surface area contributed by atoms with Crippen LogP contribution in [0, 0.1) is 10.1 Å². The third-order valence-corrected chi connectivity index (χ3v) is 2.47. The summed E-state index contributed by atoms with van der Waals surface area (Å²) in [5, 5.41) is 19.8. The minimum Gasteiger partial charge on any atom is -0.508 e. The Balaban J connectivity index is 2.10. The molecule has 7 nitrogen and oxygen atoms in total. The molecule has 0 amide bonds. The highest BCUT2D eigenvalue weighted by atomic mass is 16.6. The number of imidazole rings is 1. The van der Waals surface area contributed by atoms with Gasteiger partial charge in [0.05, 0.1) is 17.1 Å². The summed E-state index contributed by atoms with van der Waals surface area (Å²) in [6, 6.07) is 7.40. The molecule has 0 bridgehead atoms. The van der Waals surface area contributed by atoms with Crippen LogP contribution in [-0.4, -0.2) is 20.0 Å². The number of phenols is 1. The van der Waals surface area contributed by atoms with Crippen molar-refractivity contribution in [3.05, 3.63) is 40.4 Å². The van der Waals surface area contributed by atoms with Crippen LogP contribution < -0.4 is 0 Å². The number of hydrogen-bond donors (Lipinski definition) is 2. The van der Waals surface area contributed by atoms with Crippen LogP contribution >= 0.6 is 0 Å². The van der Waals surface area contributed by atoms with E-state index in [9.17, 15) is 15.2 Å². The van der Waals surface area contributed by atoms with E-state index in [1.165, 1.54) is 24.3 Å². The zero-order valence-electron chi connectivity index (χ0n) is 8.95. The maximum Gasteiger partial charge on any atom is 0.433 e. The Bertz CT molecular complexity index is 744. The highest BCUT2D eigenvalue weighted by molar-refractivity contribution is 5.79. The Morgan fingerprint density at radius 3 is 2.89 bits per heavy atom. The highest BCUT2D eigenvalue weighted by Crippen LogP contribution is 2.26. The first-order valence-corrected chi connectivity index (χ1v) is 5.07. The van der Waals surface area contributed by atoms with Crippen molar-refractivity contribution in [2.45, 2.75) is 0 Å². The number of hydrogen-bond acceptors (Lipinski definition) is 5. The lowest BCUT2D eigenvalue weighted by Gasteiger charge is -1.88. The Morgan fingerprint density at radius 1 is 1.33 bits per heavy atom. The molecule has 0 unspecified atom stereocenters. The van der Waals surface area contributed by atoms with Crippen LogP contribution in [0.2, 0.25) is 0 Å². The first-order valence-electron chi connectivity index (χ1n) is 5.07. The number of phenolic OH excluding ortho intramolecular Hbond substituents is 1. The van der Waals surface area contributed by atoms with Crippen molar-refractivity contribution in [3.8, 4) is 17.3 Å². The van der Waals surface area contributed by atoms with Crippen LogP contribution in [-0.2, 0) is 0 Å². The van der Waals surface area contributed by atoms with Gasteiger partial charge < -0.3 is 14.5 Å². The number of H-pyrrole nitrogens is 1. The molecule has 3 aromatic rings. The summed E-state index contributed by atoms with van der Waals surface area (Å²) >= 11 is 0. The number of aromatic amines is 1. The fourth-order valence-electron chi connectivity index (χ4n) is 1.67. The van der Waals surface area contributed by atoms with E-state index in [0.29, 0.717) is 16.9 Å².